The lowest BCUT2D eigenvalue weighted by Crippen LogP contribution is -2.69. The Balaban J connectivity index is 0.00000160. The molecular weight excluding hydrogens is 749 g/mol. The number of aromatic nitrogens is 2. The molecule has 3 atom stereocenters. The molecule has 1 aromatic rings. The first-order valence-corrected chi connectivity index (χ1v) is 10.0. The number of halogens is 23. The van der Waals surface area contributed by atoms with Gasteiger partial charge in [-0.25, -0.2) is 22.9 Å². The van der Waals surface area contributed by atoms with E-state index in [1.807, 2.05) is 0 Å². The van der Waals surface area contributed by atoms with Crippen LogP contribution in [0.25, 0.3) is 0 Å². The summed E-state index contributed by atoms with van der Waals surface area (Å²) >= 11 is 0. The van der Waals surface area contributed by atoms with E-state index in [0.717, 1.165) is 12.4 Å². The lowest BCUT2D eigenvalue weighted by atomic mass is 10.2. The van der Waals surface area contributed by atoms with Crippen molar-refractivity contribution in [3.05, 3.63) is 31.1 Å². The number of imidazole rings is 1. The number of hydrogen-bond acceptors (Lipinski definition) is 5. The number of carbonyl (C=O) groups is 1. The van der Waals surface area contributed by atoms with Crippen molar-refractivity contribution in [2.24, 2.45) is 0 Å². The van der Waals surface area contributed by atoms with Crippen molar-refractivity contribution in [3.63, 3.8) is 0 Å². The molecule has 30 heteroatoms. The second-order valence-corrected chi connectivity index (χ2v) is 7.70. The van der Waals surface area contributed by atoms with Gasteiger partial charge in [0.1, 0.15) is 0 Å². The molecule has 1 rings (SSSR count). The quantitative estimate of drug-likeness (QED) is 0.220. The first-order chi connectivity index (χ1) is 20.3. The van der Waals surface area contributed by atoms with Gasteiger partial charge in [-0.05, 0) is 0 Å². The van der Waals surface area contributed by atoms with E-state index in [4.69, 9.17) is 5.11 Å². The maximum Gasteiger partial charge on any atom is 0.460 e. The van der Waals surface area contributed by atoms with Gasteiger partial charge in [-0.2, -0.15) is 87.8 Å². The van der Waals surface area contributed by atoms with Gasteiger partial charge in [0.25, 0.3) is 0 Å². The number of nitrogens with zero attached hydrogens (tertiary/aromatic N) is 2. The standard InChI is InChI=1S/C12H3F19O5.C5H4F4N2/c1-2(13)5(15,16)35-6(17,9(22,23)24)12(30,31)36-7(18,10(25,26)27)11(28,29)34-4(14,3(32)33)8(19,20)21;6-4(7)5(8,9)11-2-1-10-3-11/h1H2,(H,32,33);1-4H. The molecule has 0 amide bonds. The van der Waals surface area contributed by atoms with Gasteiger partial charge in [-0.1, -0.05) is 6.58 Å². The number of carboxylic acids is 1. The van der Waals surface area contributed by atoms with Crippen LogP contribution in [0.1, 0.15) is 0 Å². The third-order valence-corrected chi connectivity index (χ3v) is 4.35. The minimum absolute atomic E-state index is 0.0671. The van der Waals surface area contributed by atoms with Gasteiger partial charge in [0.05, 0.1) is 6.33 Å². The van der Waals surface area contributed by atoms with Crippen LogP contribution in [0.15, 0.2) is 31.1 Å². The normalized spacial score (nSPS) is 18.0. The van der Waals surface area contributed by atoms with Gasteiger partial charge >= 0.3 is 72.9 Å². The Morgan fingerprint density at radius 3 is 1.34 bits per heavy atom. The molecule has 47 heavy (non-hydrogen) atoms. The molecule has 7 nitrogen and oxygen atoms in total. The van der Waals surface area contributed by atoms with Crippen molar-refractivity contribution in [1.29, 1.82) is 0 Å². The lowest BCUT2D eigenvalue weighted by Gasteiger charge is -2.41. The molecule has 0 saturated carbocycles. The fourth-order valence-electron chi connectivity index (χ4n) is 2.05. The Morgan fingerprint density at radius 1 is 0.681 bits per heavy atom. The summed E-state index contributed by atoms with van der Waals surface area (Å²) in [5.74, 6) is -31.5. The van der Waals surface area contributed by atoms with E-state index in [9.17, 15) is 106 Å². The van der Waals surface area contributed by atoms with Crippen molar-refractivity contribution >= 4 is 5.97 Å². The van der Waals surface area contributed by atoms with E-state index < -0.39 is 78.7 Å². The number of ether oxygens (including phenoxy) is 3. The number of rotatable bonds is 12. The van der Waals surface area contributed by atoms with Crippen LogP contribution in [0.3, 0.4) is 0 Å². The van der Waals surface area contributed by atoms with E-state index in [1.54, 1.807) is 4.74 Å². The van der Waals surface area contributed by atoms with Crippen molar-refractivity contribution in [1.82, 2.24) is 9.55 Å². The van der Waals surface area contributed by atoms with Crippen LogP contribution < -0.4 is 0 Å². The minimum Gasteiger partial charge on any atom is -0.477 e. The van der Waals surface area contributed by atoms with Gasteiger partial charge in [0.2, 0.25) is 0 Å². The number of alkyl halides is 22. The third-order valence-electron chi connectivity index (χ3n) is 4.35. The summed E-state index contributed by atoms with van der Waals surface area (Å²) in [6.45, 7) is 1.45. The molecule has 0 spiro atoms. The summed E-state index contributed by atoms with van der Waals surface area (Å²) < 4.78 is 299. The largest absolute Gasteiger partial charge is 0.477 e. The van der Waals surface area contributed by atoms with E-state index in [2.05, 4.69) is 4.98 Å². The van der Waals surface area contributed by atoms with Crippen molar-refractivity contribution < 1.29 is 125 Å². The van der Waals surface area contributed by atoms with Crippen LogP contribution in [0.2, 0.25) is 0 Å². The van der Waals surface area contributed by atoms with Crippen LogP contribution in [0, 0.1) is 0 Å². The van der Waals surface area contributed by atoms with Crippen LogP contribution >= 0.6 is 0 Å². The Labute approximate surface area is 240 Å². The number of hydrogen-bond donors (Lipinski definition) is 1. The maximum atomic E-state index is 14.0. The summed E-state index contributed by atoms with van der Waals surface area (Å²) in [7, 11) is 0. The zero-order chi connectivity index (χ0) is 38.3. The molecule has 0 aliphatic heterocycles. The number of aliphatic carboxylic acids is 1. The first-order valence-electron chi connectivity index (χ1n) is 10.0. The Kier molecular flexibility index (Phi) is 12.0. The highest BCUT2D eigenvalue weighted by Gasteiger charge is 2.86. The average molecular weight is 756 g/mol. The van der Waals surface area contributed by atoms with E-state index in [1.165, 1.54) is 16.1 Å². The highest BCUT2D eigenvalue weighted by atomic mass is 19.4. The number of carboxylic acid groups (broad SMARTS) is 1. The Bertz CT molecular complexity index is 1230. The smallest absolute Gasteiger partial charge is 0.460 e. The zero-order valence-electron chi connectivity index (χ0n) is 20.7. The van der Waals surface area contributed by atoms with Crippen molar-refractivity contribution in [2.45, 2.75) is 66.9 Å². The van der Waals surface area contributed by atoms with E-state index in [-0.39, 0.29) is 4.57 Å². The molecule has 0 aromatic carbocycles. The van der Waals surface area contributed by atoms with E-state index >= 15 is 0 Å². The molecule has 1 aromatic heterocycles. The molecule has 0 bridgehead atoms. The van der Waals surface area contributed by atoms with Crippen molar-refractivity contribution in [3.8, 4) is 0 Å². The zero-order valence-corrected chi connectivity index (χ0v) is 20.7. The molecule has 1 heterocycles. The fraction of sp³-hybridized carbons (Fsp3) is 0.647. The molecule has 0 saturated heterocycles. The third kappa shape index (κ3) is 8.59. The minimum atomic E-state index is -8.32. The van der Waals surface area contributed by atoms with E-state index in [0.29, 0.717) is 6.33 Å². The van der Waals surface area contributed by atoms with Gasteiger partial charge in [0.15, 0.2) is 5.83 Å². The monoisotopic (exact) mass is 756 g/mol. The van der Waals surface area contributed by atoms with Crippen LogP contribution in [-0.2, 0) is 25.1 Å². The predicted octanol–water partition coefficient (Wildman–Crippen LogP) is 7.76. The topological polar surface area (TPSA) is 82.8 Å². The maximum absolute atomic E-state index is 14.0. The van der Waals surface area contributed by atoms with Gasteiger partial charge in [-0.3, -0.25) is 18.8 Å². The highest BCUT2D eigenvalue weighted by molar-refractivity contribution is 5.76. The first kappa shape index (κ1) is 43.7. The molecule has 276 valence electrons. The fourth-order valence-corrected chi connectivity index (χ4v) is 2.05. The summed E-state index contributed by atoms with van der Waals surface area (Å²) in [5.41, 5.74) is 0. The predicted molar refractivity (Wildman–Crippen MR) is 94.1 cm³/mol. The molecule has 3 unspecified atom stereocenters. The van der Waals surface area contributed by atoms with Gasteiger partial charge in [0, 0.05) is 12.4 Å². The Morgan fingerprint density at radius 2 is 1.06 bits per heavy atom. The molecule has 0 radical (unpaired) electrons. The SMILES string of the molecule is C=C(F)C(F)(F)OC(F)(C(F)(F)F)C(F)(F)OC(F)(C(F)(F)F)C(F)(F)OC(F)(C(=O)O)C(F)(F)F.FC(F)C(F)(F)n1ccnc1. The Hall–Kier alpha value is -3.31. The molecular formula is C17H7F23N2O5. The highest BCUT2D eigenvalue weighted by Crippen LogP contribution is 2.57. The lowest BCUT2D eigenvalue weighted by molar-refractivity contribution is -0.566. The van der Waals surface area contributed by atoms with Crippen molar-refractivity contribution in [2.75, 3.05) is 0 Å². The summed E-state index contributed by atoms with van der Waals surface area (Å²) in [6, 6.07) is -4.16. The summed E-state index contributed by atoms with van der Waals surface area (Å²) in [4.78, 5) is 13.4. The van der Waals surface area contributed by atoms with Crippen LogP contribution in [0.5, 0.6) is 0 Å². The van der Waals surface area contributed by atoms with Gasteiger partial charge < -0.3 is 5.11 Å². The van der Waals surface area contributed by atoms with Crippen LogP contribution in [0.4, 0.5) is 101 Å². The van der Waals surface area contributed by atoms with Gasteiger partial charge in [-0.15, -0.1) is 0 Å². The summed E-state index contributed by atoms with van der Waals surface area (Å²) in [6.07, 6.45) is -47.8. The molecule has 0 aliphatic rings. The second-order valence-electron chi connectivity index (χ2n) is 7.70. The van der Waals surface area contributed by atoms with Crippen LogP contribution in [-0.4, -0.2) is 81.5 Å². The summed E-state index contributed by atoms with van der Waals surface area (Å²) in [5, 5.41) is 7.95. The average Bonchev–Trinajstić information content (AvgIpc) is 3.37. The molecule has 0 fully saturated rings. The second kappa shape index (κ2) is 13.0. The molecule has 1 N–H and O–H groups in total. The molecule has 0 aliphatic carbocycles.